The molecule has 29 heavy (non-hydrogen) atoms. The van der Waals surface area contributed by atoms with Gasteiger partial charge in [0, 0.05) is 28.4 Å². The minimum Gasteiger partial charge on any atom is -0.452 e. The van der Waals surface area contributed by atoms with Gasteiger partial charge >= 0.3 is 5.97 Å². The number of anilines is 1. The number of benzene rings is 2. The highest BCUT2D eigenvalue weighted by molar-refractivity contribution is 6.30. The molecule has 2 N–H and O–H groups in total. The maximum Gasteiger partial charge on any atom is 0.308 e. The van der Waals surface area contributed by atoms with Crippen molar-refractivity contribution in [3.05, 3.63) is 64.7 Å². The molecule has 2 aromatic carbocycles. The maximum absolute atomic E-state index is 12.1. The number of carbonyl (C=O) groups excluding carboxylic acids is 4. The van der Waals surface area contributed by atoms with E-state index in [0.717, 1.165) is 0 Å². The first-order valence-electron chi connectivity index (χ1n) is 8.91. The van der Waals surface area contributed by atoms with Crippen molar-refractivity contribution in [2.75, 3.05) is 11.9 Å². The Bertz CT molecular complexity index is 894. The zero-order valence-corrected chi connectivity index (χ0v) is 16.8. The minimum absolute atomic E-state index is 0.0706. The summed E-state index contributed by atoms with van der Waals surface area (Å²) >= 11 is 5.77. The van der Waals surface area contributed by atoms with E-state index < -0.39 is 18.0 Å². The van der Waals surface area contributed by atoms with Crippen LogP contribution in [0.5, 0.6) is 0 Å². The molecule has 0 aromatic heterocycles. The molecule has 152 valence electrons. The lowest BCUT2D eigenvalue weighted by Gasteiger charge is -2.14. The quantitative estimate of drug-likeness (QED) is 0.508. The number of esters is 1. The van der Waals surface area contributed by atoms with Crippen LogP contribution >= 0.6 is 11.6 Å². The van der Waals surface area contributed by atoms with E-state index in [-0.39, 0.29) is 24.7 Å². The molecule has 0 heterocycles. The summed E-state index contributed by atoms with van der Waals surface area (Å²) in [5.41, 5.74) is 1.44. The third-order valence-corrected chi connectivity index (χ3v) is 4.21. The molecule has 1 atom stereocenters. The number of rotatable bonds is 8. The van der Waals surface area contributed by atoms with Crippen molar-refractivity contribution in [2.24, 2.45) is 0 Å². The van der Waals surface area contributed by atoms with E-state index >= 15 is 0 Å². The Hall–Kier alpha value is -3.19. The van der Waals surface area contributed by atoms with Crippen LogP contribution in [0.25, 0.3) is 0 Å². The van der Waals surface area contributed by atoms with Crippen molar-refractivity contribution in [2.45, 2.75) is 26.4 Å². The second kappa shape index (κ2) is 10.4. The van der Waals surface area contributed by atoms with Crippen LogP contribution in [-0.2, 0) is 14.3 Å². The lowest BCUT2D eigenvalue weighted by Crippen LogP contribution is -2.32. The standard InChI is InChI=1S/C21H21ClN2O5/c1-13(25)15-5-9-18(10-6-15)24-20(27)14(2)29-19(26)11-12-23-21(28)16-3-7-17(22)8-4-16/h3-10,14H,11-12H2,1-2H3,(H,23,28)(H,24,27)/t14-/m1/s1. The van der Waals surface area contributed by atoms with Crippen LogP contribution in [0.2, 0.25) is 5.02 Å². The maximum atomic E-state index is 12.1. The van der Waals surface area contributed by atoms with E-state index in [0.29, 0.717) is 21.8 Å². The molecule has 0 bridgehead atoms. The van der Waals surface area contributed by atoms with Gasteiger partial charge < -0.3 is 15.4 Å². The van der Waals surface area contributed by atoms with Crippen molar-refractivity contribution >= 4 is 40.9 Å². The van der Waals surface area contributed by atoms with Crippen LogP contribution in [0.15, 0.2) is 48.5 Å². The predicted molar refractivity (Wildman–Crippen MR) is 109 cm³/mol. The summed E-state index contributed by atoms with van der Waals surface area (Å²) in [6, 6.07) is 12.7. The minimum atomic E-state index is -1.01. The van der Waals surface area contributed by atoms with Crippen LogP contribution in [0.4, 0.5) is 5.69 Å². The molecule has 0 radical (unpaired) electrons. The number of Topliss-reactive ketones (excluding diaryl/α,β-unsaturated/α-hetero) is 1. The average Bonchev–Trinajstić information content (AvgIpc) is 2.68. The molecule has 8 heteroatoms. The molecule has 0 spiro atoms. The van der Waals surface area contributed by atoms with Crippen LogP contribution in [0.1, 0.15) is 41.0 Å². The van der Waals surface area contributed by atoms with Gasteiger partial charge in [0.05, 0.1) is 6.42 Å². The van der Waals surface area contributed by atoms with Gasteiger partial charge in [-0.15, -0.1) is 0 Å². The second-order valence-corrected chi connectivity index (χ2v) is 6.70. The number of ketones is 1. The van der Waals surface area contributed by atoms with Gasteiger partial charge in [0.2, 0.25) is 0 Å². The fourth-order valence-corrected chi connectivity index (χ4v) is 2.45. The number of hydrogen-bond donors (Lipinski definition) is 2. The Labute approximate surface area is 173 Å². The smallest absolute Gasteiger partial charge is 0.308 e. The molecular weight excluding hydrogens is 396 g/mol. The van der Waals surface area contributed by atoms with Gasteiger partial charge in [-0.3, -0.25) is 19.2 Å². The van der Waals surface area contributed by atoms with E-state index in [1.807, 2.05) is 0 Å². The molecule has 0 saturated heterocycles. The van der Waals surface area contributed by atoms with Crippen LogP contribution in [-0.4, -0.2) is 36.2 Å². The Morgan fingerprint density at radius 2 is 1.55 bits per heavy atom. The van der Waals surface area contributed by atoms with Gasteiger partial charge in [-0.1, -0.05) is 11.6 Å². The van der Waals surface area contributed by atoms with E-state index in [1.165, 1.54) is 13.8 Å². The van der Waals surface area contributed by atoms with E-state index in [4.69, 9.17) is 16.3 Å². The lowest BCUT2D eigenvalue weighted by atomic mass is 10.1. The van der Waals surface area contributed by atoms with Crippen LogP contribution in [0, 0.1) is 0 Å². The van der Waals surface area contributed by atoms with E-state index in [1.54, 1.807) is 48.5 Å². The van der Waals surface area contributed by atoms with Crippen LogP contribution in [0.3, 0.4) is 0 Å². The number of hydrogen-bond acceptors (Lipinski definition) is 5. The average molecular weight is 417 g/mol. The number of carbonyl (C=O) groups is 4. The molecule has 2 amide bonds. The summed E-state index contributed by atoms with van der Waals surface area (Å²) in [5, 5.41) is 5.72. The number of nitrogens with one attached hydrogen (secondary N) is 2. The molecule has 0 unspecified atom stereocenters. The number of ether oxygens (including phenoxy) is 1. The summed E-state index contributed by atoms with van der Waals surface area (Å²) in [5.74, 6) is -1.53. The Balaban J connectivity index is 1.74. The lowest BCUT2D eigenvalue weighted by molar-refractivity contribution is -0.153. The Morgan fingerprint density at radius 3 is 2.14 bits per heavy atom. The third kappa shape index (κ3) is 7.04. The van der Waals surface area contributed by atoms with Crippen molar-refractivity contribution in [3.63, 3.8) is 0 Å². The van der Waals surface area contributed by atoms with Gasteiger partial charge in [-0.25, -0.2) is 0 Å². The summed E-state index contributed by atoms with van der Waals surface area (Å²) < 4.78 is 5.08. The summed E-state index contributed by atoms with van der Waals surface area (Å²) in [6.45, 7) is 2.97. The zero-order valence-electron chi connectivity index (χ0n) is 16.0. The molecule has 7 nitrogen and oxygen atoms in total. The molecule has 0 saturated carbocycles. The summed E-state index contributed by atoms with van der Waals surface area (Å²) in [6.07, 6.45) is -1.09. The van der Waals surface area contributed by atoms with E-state index in [9.17, 15) is 19.2 Å². The van der Waals surface area contributed by atoms with Gasteiger partial charge in [0.15, 0.2) is 11.9 Å². The first kappa shape index (κ1) is 22.1. The number of amides is 2. The monoisotopic (exact) mass is 416 g/mol. The molecule has 0 aliphatic rings. The largest absolute Gasteiger partial charge is 0.452 e. The summed E-state index contributed by atoms with van der Waals surface area (Å²) in [4.78, 5) is 47.2. The van der Waals surface area contributed by atoms with Gasteiger partial charge in [-0.2, -0.15) is 0 Å². The second-order valence-electron chi connectivity index (χ2n) is 6.27. The highest BCUT2D eigenvalue weighted by atomic mass is 35.5. The normalized spacial score (nSPS) is 11.3. The summed E-state index contributed by atoms with van der Waals surface area (Å²) in [7, 11) is 0. The third-order valence-electron chi connectivity index (χ3n) is 3.96. The van der Waals surface area contributed by atoms with Crippen molar-refractivity contribution in [1.82, 2.24) is 5.32 Å². The highest BCUT2D eigenvalue weighted by Crippen LogP contribution is 2.11. The van der Waals surface area contributed by atoms with Gasteiger partial charge in [0.25, 0.3) is 11.8 Å². The van der Waals surface area contributed by atoms with Crippen molar-refractivity contribution in [1.29, 1.82) is 0 Å². The fraction of sp³-hybridized carbons (Fsp3) is 0.238. The van der Waals surface area contributed by atoms with Crippen LogP contribution < -0.4 is 10.6 Å². The predicted octanol–water partition coefficient (Wildman–Crippen LogP) is 3.23. The molecule has 2 aromatic rings. The number of halogens is 1. The highest BCUT2D eigenvalue weighted by Gasteiger charge is 2.18. The zero-order chi connectivity index (χ0) is 21.4. The Morgan fingerprint density at radius 1 is 0.966 bits per heavy atom. The molecule has 0 fully saturated rings. The van der Waals surface area contributed by atoms with Crippen molar-refractivity contribution in [3.8, 4) is 0 Å². The molecule has 0 aliphatic heterocycles. The SMILES string of the molecule is CC(=O)c1ccc(NC(=O)[C@@H](C)OC(=O)CCNC(=O)c2ccc(Cl)cc2)cc1. The molecular formula is C21H21ClN2O5. The van der Waals surface area contributed by atoms with Crippen molar-refractivity contribution < 1.29 is 23.9 Å². The van der Waals surface area contributed by atoms with Gasteiger partial charge in [0.1, 0.15) is 0 Å². The first-order chi connectivity index (χ1) is 13.8. The fourth-order valence-electron chi connectivity index (χ4n) is 2.32. The topological polar surface area (TPSA) is 102 Å². The Kier molecular flexibility index (Phi) is 7.91. The molecule has 0 aliphatic carbocycles. The molecule has 2 rings (SSSR count). The van der Waals surface area contributed by atoms with Gasteiger partial charge in [-0.05, 0) is 62.4 Å². The first-order valence-corrected chi connectivity index (χ1v) is 9.29. The van der Waals surface area contributed by atoms with E-state index in [2.05, 4.69) is 10.6 Å².